The molecule has 0 saturated heterocycles. The van der Waals surface area contributed by atoms with E-state index in [2.05, 4.69) is 16.1 Å². The van der Waals surface area contributed by atoms with Gasteiger partial charge in [0.05, 0.1) is 17.5 Å². The largest absolute Gasteiger partial charge is 0.416 e. The van der Waals surface area contributed by atoms with Crippen molar-refractivity contribution in [2.75, 3.05) is 6.54 Å². The van der Waals surface area contributed by atoms with Crippen LogP contribution in [0.5, 0.6) is 0 Å². The van der Waals surface area contributed by atoms with Crippen molar-refractivity contribution in [1.82, 2.24) is 24.6 Å². The fraction of sp³-hybridized carbons (Fsp3) is 0.211. The van der Waals surface area contributed by atoms with Crippen molar-refractivity contribution in [3.8, 4) is 11.3 Å². The lowest BCUT2D eigenvalue weighted by molar-refractivity contribution is -0.144. The molecule has 1 aliphatic heterocycles. The highest BCUT2D eigenvalue weighted by Gasteiger charge is 2.34. The summed E-state index contributed by atoms with van der Waals surface area (Å²) in [6.07, 6.45) is 4.51. The number of carbonyl (C=O) groups excluding carboxylic acids is 2. The van der Waals surface area contributed by atoms with Crippen molar-refractivity contribution in [3.05, 3.63) is 149 Å². The number of rotatable bonds is 9. The molecule has 6 rings (SSSR count). The normalized spacial score (nSPS) is 13.7. The molecule has 5 aromatic rings. The Morgan fingerprint density at radius 1 is 0.917 bits per heavy atom. The van der Waals surface area contributed by atoms with Crippen molar-refractivity contribution >= 4 is 17.9 Å². The van der Waals surface area contributed by atoms with Gasteiger partial charge in [0.1, 0.15) is 6.04 Å². The first-order valence-corrected chi connectivity index (χ1v) is 15.6. The van der Waals surface area contributed by atoms with E-state index in [9.17, 15) is 22.8 Å². The molecular weight excluding hydrogens is 615 g/mol. The minimum absolute atomic E-state index is 0.125. The van der Waals surface area contributed by atoms with Crippen molar-refractivity contribution in [2.24, 2.45) is 7.05 Å². The minimum atomic E-state index is -4.46. The van der Waals surface area contributed by atoms with Crippen molar-refractivity contribution in [3.63, 3.8) is 0 Å². The van der Waals surface area contributed by atoms with Gasteiger partial charge in [0.25, 0.3) is 0 Å². The minimum Gasteiger partial charge on any atom is -0.336 e. The van der Waals surface area contributed by atoms with E-state index in [4.69, 9.17) is 0 Å². The molecule has 0 bridgehead atoms. The quantitative estimate of drug-likeness (QED) is 0.166. The number of aromatic nitrogens is 3. The zero-order valence-electron chi connectivity index (χ0n) is 26.3. The molecule has 0 spiro atoms. The molecule has 3 aromatic carbocycles. The first kappa shape index (κ1) is 32.4. The molecule has 0 fully saturated rings. The number of benzene rings is 3. The van der Waals surface area contributed by atoms with Gasteiger partial charge in [-0.2, -0.15) is 18.3 Å². The number of hydrogen-bond donors (Lipinski definition) is 0. The lowest BCUT2D eigenvalue weighted by Gasteiger charge is -2.36. The third-order valence-corrected chi connectivity index (χ3v) is 8.50. The highest BCUT2D eigenvalue weighted by atomic mass is 19.4. The van der Waals surface area contributed by atoms with Crippen molar-refractivity contribution in [2.45, 2.75) is 38.1 Å². The highest BCUT2D eigenvalue weighted by molar-refractivity contribution is 5.96. The van der Waals surface area contributed by atoms with E-state index in [0.29, 0.717) is 25.1 Å². The van der Waals surface area contributed by atoms with Crippen LogP contribution in [-0.4, -0.2) is 49.0 Å². The van der Waals surface area contributed by atoms with Crippen LogP contribution >= 0.6 is 0 Å². The van der Waals surface area contributed by atoms with E-state index in [1.54, 1.807) is 33.9 Å². The van der Waals surface area contributed by atoms with Crippen LogP contribution in [0, 0.1) is 0 Å². The van der Waals surface area contributed by atoms with Crippen LogP contribution in [0.25, 0.3) is 17.3 Å². The molecule has 2 amide bonds. The number of hydrogen-bond acceptors (Lipinski definition) is 4. The number of fused-ring (bicyclic) bond motifs is 1. The Bertz CT molecular complexity index is 1900. The Kier molecular flexibility index (Phi) is 9.52. The third kappa shape index (κ3) is 7.71. The summed E-state index contributed by atoms with van der Waals surface area (Å²) in [5, 5.41) is 4.29. The van der Waals surface area contributed by atoms with E-state index in [0.717, 1.165) is 40.1 Å². The Labute approximate surface area is 277 Å². The smallest absolute Gasteiger partial charge is 0.336 e. The van der Waals surface area contributed by atoms with Crippen LogP contribution in [0.15, 0.2) is 116 Å². The summed E-state index contributed by atoms with van der Waals surface area (Å²) in [7, 11) is 1.79. The average molecular weight is 650 g/mol. The molecule has 0 radical (unpaired) electrons. The van der Waals surface area contributed by atoms with Gasteiger partial charge in [-0.05, 0) is 64.6 Å². The highest BCUT2D eigenvalue weighted by Crippen LogP contribution is 2.29. The second kappa shape index (κ2) is 14.1. The number of pyridine rings is 1. The SMILES string of the molecule is Cn1cc(CC(C(=O)N2CCc3ccccc3C2)N(Cc2ccc(-c3ccccn3)cc2)C(=O)/C=C/c2ccc(C(F)(F)F)cc2)cn1. The van der Waals surface area contributed by atoms with Crippen LogP contribution < -0.4 is 0 Å². The topological polar surface area (TPSA) is 71.3 Å². The fourth-order valence-electron chi connectivity index (χ4n) is 5.93. The van der Waals surface area contributed by atoms with Gasteiger partial charge in [-0.15, -0.1) is 0 Å². The number of carbonyl (C=O) groups is 2. The van der Waals surface area contributed by atoms with Gasteiger partial charge in [0.15, 0.2) is 0 Å². The third-order valence-electron chi connectivity index (χ3n) is 8.50. The summed E-state index contributed by atoms with van der Waals surface area (Å²) >= 11 is 0. The van der Waals surface area contributed by atoms with Crippen LogP contribution in [0.2, 0.25) is 0 Å². The predicted octanol–water partition coefficient (Wildman–Crippen LogP) is 6.74. The van der Waals surface area contributed by atoms with Crippen molar-refractivity contribution in [1.29, 1.82) is 0 Å². The monoisotopic (exact) mass is 649 g/mol. The van der Waals surface area contributed by atoms with E-state index in [1.165, 1.54) is 29.8 Å². The first-order chi connectivity index (χ1) is 23.1. The Balaban J connectivity index is 1.33. The first-order valence-electron chi connectivity index (χ1n) is 15.6. The summed E-state index contributed by atoms with van der Waals surface area (Å²) in [5.74, 6) is -0.627. The Morgan fingerprint density at radius 3 is 2.31 bits per heavy atom. The molecule has 3 heterocycles. The van der Waals surface area contributed by atoms with E-state index in [-0.39, 0.29) is 18.9 Å². The van der Waals surface area contributed by atoms with E-state index < -0.39 is 23.7 Å². The molecule has 0 N–H and O–H groups in total. The van der Waals surface area contributed by atoms with Gasteiger partial charge < -0.3 is 9.80 Å². The number of alkyl halides is 3. The maximum absolute atomic E-state index is 14.5. The molecule has 1 atom stereocenters. The lowest BCUT2D eigenvalue weighted by atomic mass is 9.97. The van der Waals surface area contributed by atoms with Gasteiger partial charge in [0.2, 0.25) is 11.8 Å². The second-order valence-electron chi connectivity index (χ2n) is 11.9. The molecule has 7 nitrogen and oxygen atoms in total. The number of nitrogens with zero attached hydrogens (tertiary/aromatic N) is 5. The Morgan fingerprint density at radius 2 is 1.65 bits per heavy atom. The fourth-order valence-corrected chi connectivity index (χ4v) is 5.93. The molecule has 0 saturated carbocycles. The molecule has 48 heavy (non-hydrogen) atoms. The predicted molar refractivity (Wildman–Crippen MR) is 177 cm³/mol. The average Bonchev–Trinajstić information content (AvgIpc) is 3.52. The van der Waals surface area contributed by atoms with Crippen LogP contribution in [0.4, 0.5) is 13.2 Å². The summed E-state index contributed by atoms with van der Waals surface area (Å²) in [6.45, 7) is 1.07. The van der Waals surface area contributed by atoms with Crippen LogP contribution in [0.1, 0.15) is 33.4 Å². The van der Waals surface area contributed by atoms with Crippen molar-refractivity contribution < 1.29 is 22.8 Å². The summed E-state index contributed by atoms with van der Waals surface area (Å²) in [6, 6.07) is 25.1. The maximum Gasteiger partial charge on any atom is 0.416 e. The molecule has 0 aliphatic carbocycles. The molecule has 10 heteroatoms. The van der Waals surface area contributed by atoms with E-state index >= 15 is 0 Å². The summed E-state index contributed by atoms with van der Waals surface area (Å²) in [4.78, 5) is 36.3. The molecule has 2 aromatic heterocycles. The zero-order valence-corrected chi connectivity index (χ0v) is 26.3. The number of aryl methyl sites for hydroxylation is 1. The van der Waals surface area contributed by atoms with Crippen LogP contribution in [0.3, 0.4) is 0 Å². The number of amides is 2. The van der Waals surface area contributed by atoms with Gasteiger partial charge in [-0.1, -0.05) is 66.7 Å². The Hall–Kier alpha value is -5.51. The molecule has 1 aliphatic rings. The van der Waals surface area contributed by atoms with E-state index in [1.807, 2.05) is 66.9 Å². The molecule has 244 valence electrons. The van der Waals surface area contributed by atoms with Crippen LogP contribution in [-0.2, 0) is 48.7 Å². The van der Waals surface area contributed by atoms with Gasteiger partial charge in [-0.3, -0.25) is 19.3 Å². The van der Waals surface area contributed by atoms with Gasteiger partial charge in [-0.25, -0.2) is 0 Å². The maximum atomic E-state index is 14.5. The molecule has 1 unspecified atom stereocenters. The standard InChI is InChI=1S/C38H34F3N5O2/c1-44-24-29(23-43-44)22-35(37(48)45-21-19-30-6-2-3-7-32(30)26-45)46(25-28-9-14-31(15-10-28)34-8-4-5-20-42-34)36(47)18-13-27-11-16-33(17-12-27)38(39,40)41/h2-18,20,23-24,35H,19,21-22,25-26H2,1H3/b18-13+. The summed E-state index contributed by atoms with van der Waals surface area (Å²) in [5.41, 5.74) is 5.25. The number of halogens is 3. The summed E-state index contributed by atoms with van der Waals surface area (Å²) < 4.78 is 41.0. The zero-order chi connectivity index (χ0) is 33.7. The molecular formula is C38H34F3N5O2. The van der Waals surface area contributed by atoms with Gasteiger partial charge in [0, 0.05) is 57.1 Å². The lowest BCUT2D eigenvalue weighted by Crippen LogP contribution is -2.52. The second-order valence-corrected chi connectivity index (χ2v) is 11.9. The van der Waals surface area contributed by atoms with Gasteiger partial charge >= 0.3 is 6.18 Å².